The number of carbonyl (C=O) groups is 1. The Morgan fingerprint density at radius 1 is 1.30 bits per heavy atom. The van der Waals surface area contributed by atoms with Crippen molar-refractivity contribution in [3.8, 4) is 0 Å². The number of pyridine rings is 1. The van der Waals surface area contributed by atoms with Gasteiger partial charge in [0.05, 0.1) is 16.6 Å². The van der Waals surface area contributed by atoms with Crippen LogP contribution in [0.15, 0.2) is 30.3 Å². The molecule has 106 valence electrons. The molecule has 0 radical (unpaired) electrons. The fourth-order valence-electron chi connectivity index (χ4n) is 1.94. The minimum Gasteiger partial charge on any atom is -0.344 e. The number of hydrogen-bond donors (Lipinski definition) is 1. The number of carbonyl (C=O) groups excluding carboxylic acids is 1. The Labute approximate surface area is 128 Å². The Hall–Kier alpha value is -1.32. The van der Waals surface area contributed by atoms with Gasteiger partial charge in [-0.3, -0.25) is 9.78 Å². The summed E-state index contributed by atoms with van der Waals surface area (Å²) in [6.45, 7) is 3.69. The molecule has 3 nitrogen and oxygen atoms in total. The molecule has 20 heavy (non-hydrogen) atoms. The lowest BCUT2D eigenvalue weighted by molar-refractivity contribution is 0.0923. The van der Waals surface area contributed by atoms with Crippen LogP contribution >= 0.6 is 23.2 Å². The summed E-state index contributed by atoms with van der Waals surface area (Å²) >= 11 is 11.8. The van der Waals surface area contributed by atoms with Crippen molar-refractivity contribution < 1.29 is 4.79 Å². The summed E-state index contributed by atoms with van der Waals surface area (Å²) < 4.78 is 0. The van der Waals surface area contributed by atoms with E-state index in [-0.39, 0.29) is 17.7 Å². The van der Waals surface area contributed by atoms with E-state index < -0.39 is 5.54 Å². The van der Waals surface area contributed by atoms with Crippen LogP contribution in [0.4, 0.5) is 0 Å². The molecule has 0 fully saturated rings. The second-order valence-electron chi connectivity index (χ2n) is 5.11. The molecule has 1 aromatic carbocycles. The molecule has 5 heteroatoms. The van der Waals surface area contributed by atoms with Gasteiger partial charge in [0.15, 0.2) is 0 Å². The molecular formula is C15H16Cl2N2O. The summed E-state index contributed by atoms with van der Waals surface area (Å²) in [6, 6.07) is 9.34. The number of para-hydroxylation sites is 1. The van der Waals surface area contributed by atoms with Crippen molar-refractivity contribution in [2.24, 2.45) is 0 Å². The van der Waals surface area contributed by atoms with Crippen LogP contribution in [0.2, 0.25) is 0 Å². The van der Waals surface area contributed by atoms with E-state index in [2.05, 4.69) is 10.3 Å². The molecule has 0 saturated heterocycles. The number of benzene rings is 1. The van der Waals surface area contributed by atoms with E-state index in [1.54, 1.807) is 6.07 Å². The highest BCUT2D eigenvalue weighted by molar-refractivity contribution is 6.22. The minimum absolute atomic E-state index is 0.185. The van der Waals surface area contributed by atoms with Gasteiger partial charge in [0.25, 0.3) is 5.91 Å². The first-order valence-electron chi connectivity index (χ1n) is 6.30. The summed E-state index contributed by atoms with van der Waals surface area (Å²) in [7, 11) is 0. The van der Waals surface area contributed by atoms with Crippen LogP contribution in [0.1, 0.15) is 23.0 Å². The second-order valence-corrected chi connectivity index (χ2v) is 5.64. The maximum Gasteiger partial charge on any atom is 0.252 e. The van der Waals surface area contributed by atoms with Gasteiger partial charge in [-0.2, -0.15) is 0 Å². The third kappa shape index (κ3) is 3.05. The van der Waals surface area contributed by atoms with Crippen molar-refractivity contribution >= 4 is 40.0 Å². The first-order valence-corrected chi connectivity index (χ1v) is 7.37. The van der Waals surface area contributed by atoms with Crippen molar-refractivity contribution in [3.05, 3.63) is 41.6 Å². The van der Waals surface area contributed by atoms with Gasteiger partial charge in [-0.1, -0.05) is 18.2 Å². The molecule has 2 rings (SSSR count). The number of rotatable bonds is 4. The molecule has 0 unspecified atom stereocenters. The summed E-state index contributed by atoms with van der Waals surface area (Å²) in [4.78, 5) is 16.9. The molecule has 1 amide bonds. The van der Waals surface area contributed by atoms with E-state index in [1.165, 1.54) is 0 Å². The van der Waals surface area contributed by atoms with E-state index in [9.17, 15) is 4.79 Å². The van der Waals surface area contributed by atoms with Gasteiger partial charge in [-0.25, -0.2) is 0 Å². The lowest BCUT2D eigenvalue weighted by Crippen LogP contribution is -2.49. The van der Waals surface area contributed by atoms with Gasteiger partial charge >= 0.3 is 0 Å². The van der Waals surface area contributed by atoms with Crippen LogP contribution in [0.25, 0.3) is 10.9 Å². The fraction of sp³-hybridized carbons (Fsp3) is 0.333. The number of nitrogens with one attached hydrogen (secondary N) is 1. The lowest BCUT2D eigenvalue weighted by Gasteiger charge is -2.26. The Bertz CT molecular complexity index is 639. The number of amides is 1. The standard InChI is InChI=1S/C15H16Cl2N2O/c1-10-7-12(11-5-3-4-6-13(11)18-10)14(20)19-15(2,8-16)9-17/h3-7H,8-9H2,1-2H3,(H,19,20). The van der Waals surface area contributed by atoms with Gasteiger partial charge in [0.1, 0.15) is 0 Å². The normalized spacial score (nSPS) is 11.6. The first-order chi connectivity index (χ1) is 9.49. The number of halogens is 2. The highest BCUT2D eigenvalue weighted by atomic mass is 35.5. The molecule has 0 aliphatic carbocycles. The summed E-state index contributed by atoms with van der Waals surface area (Å²) in [5, 5.41) is 3.72. The molecular weight excluding hydrogens is 295 g/mol. The predicted octanol–water partition coefficient (Wildman–Crippen LogP) is 3.51. The number of aryl methyl sites for hydroxylation is 1. The van der Waals surface area contributed by atoms with E-state index >= 15 is 0 Å². The molecule has 0 atom stereocenters. The Kier molecular flexibility index (Phi) is 4.51. The number of alkyl halides is 2. The molecule has 0 aliphatic rings. The van der Waals surface area contributed by atoms with Crippen molar-refractivity contribution in [2.75, 3.05) is 11.8 Å². The number of fused-ring (bicyclic) bond motifs is 1. The fourth-order valence-corrected chi connectivity index (χ4v) is 2.36. The van der Waals surface area contributed by atoms with Crippen molar-refractivity contribution in [1.29, 1.82) is 0 Å². The summed E-state index contributed by atoms with van der Waals surface area (Å²) in [5.41, 5.74) is 1.57. The van der Waals surface area contributed by atoms with Gasteiger partial charge in [0, 0.05) is 22.8 Å². The molecule has 0 aliphatic heterocycles. The van der Waals surface area contributed by atoms with Crippen LogP contribution in [0.5, 0.6) is 0 Å². The Morgan fingerprint density at radius 3 is 2.60 bits per heavy atom. The van der Waals surface area contributed by atoms with Crippen molar-refractivity contribution in [1.82, 2.24) is 10.3 Å². The molecule has 0 spiro atoms. The second kappa shape index (κ2) is 5.98. The van der Waals surface area contributed by atoms with Crippen LogP contribution in [0, 0.1) is 6.92 Å². The van der Waals surface area contributed by atoms with Gasteiger partial charge < -0.3 is 5.32 Å². The molecule has 1 aromatic heterocycles. The number of aromatic nitrogens is 1. The summed E-state index contributed by atoms with van der Waals surface area (Å²) in [6.07, 6.45) is 0. The summed E-state index contributed by atoms with van der Waals surface area (Å²) in [5.74, 6) is 0.324. The Morgan fingerprint density at radius 2 is 1.95 bits per heavy atom. The molecule has 0 saturated carbocycles. The zero-order valence-corrected chi connectivity index (χ0v) is 12.9. The highest BCUT2D eigenvalue weighted by Gasteiger charge is 2.25. The maximum absolute atomic E-state index is 12.5. The molecule has 2 aromatic rings. The largest absolute Gasteiger partial charge is 0.344 e. The molecule has 1 N–H and O–H groups in total. The van der Waals surface area contributed by atoms with E-state index in [0.717, 1.165) is 16.6 Å². The smallest absolute Gasteiger partial charge is 0.252 e. The number of nitrogens with zero attached hydrogens (tertiary/aromatic N) is 1. The zero-order valence-electron chi connectivity index (χ0n) is 11.4. The quantitative estimate of drug-likeness (QED) is 0.878. The Balaban J connectivity index is 2.44. The SMILES string of the molecule is Cc1cc(C(=O)NC(C)(CCl)CCl)c2ccccc2n1. The van der Waals surface area contributed by atoms with Crippen molar-refractivity contribution in [2.45, 2.75) is 19.4 Å². The third-order valence-corrected chi connectivity index (χ3v) is 4.27. The van der Waals surface area contributed by atoms with Gasteiger partial charge in [-0.15, -0.1) is 23.2 Å². The molecule has 0 bridgehead atoms. The lowest BCUT2D eigenvalue weighted by atomic mass is 10.0. The van der Waals surface area contributed by atoms with E-state index in [4.69, 9.17) is 23.2 Å². The van der Waals surface area contributed by atoms with Crippen molar-refractivity contribution in [3.63, 3.8) is 0 Å². The van der Waals surface area contributed by atoms with Crippen LogP contribution in [-0.2, 0) is 0 Å². The highest BCUT2D eigenvalue weighted by Crippen LogP contribution is 2.19. The van der Waals surface area contributed by atoms with Crippen LogP contribution in [0.3, 0.4) is 0 Å². The van der Waals surface area contributed by atoms with E-state index in [0.29, 0.717) is 5.56 Å². The average molecular weight is 311 g/mol. The zero-order chi connectivity index (χ0) is 14.8. The maximum atomic E-state index is 12.5. The van der Waals surface area contributed by atoms with E-state index in [1.807, 2.05) is 38.1 Å². The number of hydrogen-bond acceptors (Lipinski definition) is 2. The minimum atomic E-state index is -0.627. The third-order valence-electron chi connectivity index (χ3n) is 3.09. The molecule has 1 heterocycles. The topological polar surface area (TPSA) is 42.0 Å². The van der Waals surface area contributed by atoms with Crippen LogP contribution < -0.4 is 5.32 Å². The van der Waals surface area contributed by atoms with Crippen LogP contribution in [-0.4, -0.2) is 28.2 Å². The van der Waals surface area contributed by atoms with Gasteiger partial charge in [0.2, 0.25) is 0 Å². The monoisotopic (exact) mass is 310 g/mol. The predicted molar refractivity (Wildman–Crippen MR) is 83.8 cm³/mol. The van der Waals surface area contributed by atoms with Gasteiger partial charge in [-0.05, 0) is 26.0 Å². The first kappa shape index (κ1) is 15.1. The average Bonchev–Trinajstić information content (AvgIpc) is 2.46.